The topological polar surface area (TPSA) is 12.0 Å². The van der Waals surface area contributed by atoms with Gasteiger partial charge in [-0.1, -0.05) is 53.4 Å². The summed E-state index contributed by atoms with van der Waals surface area (Å²) < 4.78 is 0. The molecule has 0 amide bonds. The molecule has 0 saturated heterocycles. The standard InChI is InChI=1S/C18H35N/c1-5-19-17(15-10-8-9-14(2)13-15)16-11-6-7-12-18(16,3)4/h14-17,19H,5-13H2,1-4H3. The van der Waals surface area contributed by atoms with E-state index in [4.69, 9.17) is 0 Å². The van der Waals surface area contributed by atoms with Gasteiger partial charge in [0.05, 0.1) is 0 Å². The molecule has 2 saturated carbocycles. The predicted octanol–water partition coefficient (Wildman–Crippen LogP) is 5.01. The molecule has 19 heavy (non-hydrogen) atoms. The molecule has 2 aliphatic carbocycles. The van der Waals surface area contributed by atoms with Crippen LogP contribution in [0.2, 0.25) is 0 Å². The highest BCUT2D eigenvalue weighted by molar-refractivity contribution is 4.94. The molecule has 1 N–H and O–H groups in total. The SMILES string of the molecule is CCNC(C1CCCC(C)C1)C1CCCCC1(C)C. The molecule has 0 spiro atoms. The maximum absolute atomic E-state index is 3.90. The minimum atomic E-state index is 0.547. The fourth-order valence-electron chi connectivity index (χ4n) is 4.87. The molecule has 0 aromatic carbocycles. The Balaban J connectivity index is 2.09. The van der Waals surface area contributed by atoms with E-state index in [1.54, 1.807) is 0 Å². The molecular weight excluding hydrogens is 230 g/mol. The Morgan fingerprint density at radius 3 is 2.53 bits per heavy atom. The lowest BCUT2D eigenvalue weighted by molar-refractivity contribution is 0.0572. The van der Waals surface area contributed by atoms with Crippen molar-refractivity contribution in [3.63, 3.8) is 0 Å². The van der Waals surface area contributed by atoms with Gasteiger partial charge in [-0.05, 0) is 55.4 Å². The predicted molar refractivity (Wildman–Crippen MR) is 84.3 cm³/mol. The summed E-state index contributed by atoms with van der Waals surface area (Å²) in [6.45, 7) is 10.9. The van der Waals surface area contributed by atoms with Crippen LogP contribution in [0.25, 0.3) is 0 Å². The molecule has 4 unspecified atom stereocenters. The van der Waals surface area contributed by atoms with E-state index in [9.17, 15) is 0 Å². The third-order valence-corrected chi connectivity index (χ3v) is 5.95. The first-order valence-corrected chi connectivity index (χ1v) is 8.78. The molecule has 2 rings (SSSR count). The van der Waals surface area contributed by atoms with Crippen LogP contribution in [0.4, 0.5) is 0 Å². The van der Waals surface area contributed by atoms with Gasteiger partial charge in [-0.25, -0.2) is 0 Å². The van der Waals surface area contributed by atoms with E-state index >= 15 is 0 Å². The monoisotopic (exact) mass is 265 g/mol. The van der Waals surface area contributed by atoms with Crippen LogP contribution in [0.3, 0.4) is 0 Å². The van der Waals surface area contributed by atoms with E-state index < -0.39 is 0 Å². The van der Waals surface area contributed by atoms with Crippen LogP contribution in [-0.4, -0.2) is 12.6 Å². The Labute approximate surface area is 120 Å². The van der Waals surface area contributed by atoms with Crippen molar-refractivity contribution in [1.29, 1.82) is 0 Å². The van der Waals surface area contributed by atoms with Crippen LogP contribution in [0.15, 0.2) is 0 Å². The first kappa shape index (κ1) is 15.4. The molecule has 1 heteroatoms. The normalized spacial score (nSPS) is 36.9. The lowest BCUT2D eigenvalue weighted by Crippen LogP contribution is -2.49. The summed E-state index contributed by atoms with van der Waals surface area (Å²) in [5.41, 5.74) is 0.547. The van der Waals surface area contributed by atoms with Crippen molar-refractivity contribution >= 4 is 0 Å². The summed E-state index contributed by atoms with van der Waals surface area (Å²) >= 11 is 0. The van der Waals surface area contributed by atoms with Gasteiger partial charge in [-0.15, -0.1) is 0 Å². The molecule has 0 heterocycles. The maximum Gasteiger partial charge on any atom is 0.0129 e. The summed E-state index contributed by atoms with van der Waals surface area (Å²) in [7, 11) is 0. The summed E-state index contributed by atoms with van der Waals surface area (Å²) in [4.78, 5) is 0. The van der Waals surface area contributed by atoms with Gasteiger partial charge in [0.25, 0.3) is 0 Å². The Morgan fingerprint density at radius 2 is 1.89 bits per heavy atom. The van der Waals surface area contributed by atoms with Gasteiger partial charge in [0.2, 0.25) is 0 Å². The van der Waals surface area contributed by atoms with Crippen molar-refractivity contribution in [2.24, 2.45) is 23.2 Å². The molecule has 0 aliphatic heterocycles. The number of hydrogen-bond donors (Lipinski definition) is 1. The average Bonchev–Trinajstić information content (AvgIpc) is 2.36. The Hall–Kier alpha value is -0.0400. The van der Waals surface area contributed by atoms with E-state index in [2.05, 4.69) is 33.0 Å². The minimum Gasteiger partial charge on any atom is -0.314 e. The van der Waals surface area contributed by atoms with Crippen LogP contribution in [-0.2, 0) is 0 Å². The first-order valence-electron chi connectivity index (χ1n) is 8.78. The Morgan fingerprint density at radius 1 is 1.11 bits per heavy atom. The van der Waals surface area contributed by atoms with Crippen molar-refractivity contribution in [2.75, 3.05) is 6.54 Å². The number of rotatable bonds is 4. The van der Waals surface area contributed by atoms with Gasteiger partial charge in [0.1, 0.15) is 0 Å². The molecule has 0 aromatic rings. The minimum absolute atomic E-state index is 0.547. The largest absolute Gasteiger partial charge is 0.314 e. The highest BCUT2D eigenvalue weighted by Gasteiger charge is 2.41. The number of nitrogens with one attached hydrogen (secondary N) is 1. The molecule has 2 aliphatic rings. The smallest absolute Gasteiger partial charge is 0.0129 e. The average molecular weight is 265 g/mol. The van der Waals surface area contributed by atoms with Crippen LogP contribution >= 0.6 is 0 Å². The molecule has 2 fully saturated rings. The van der Waals surface area contributed by atoms with E-state index in [-0.39, 0.29) is 0 Å². The highest BCUT2D eigenvalue weighted by atomic mass is 14.9. The molecule has 4 atom stereocenters. The molecular formula is C18H35N. The Kier molecular flexibility index (Phi) is 5.34. The van der Waals surface area contributed by atoms with Gasteiger partial charge >= 0.3 is 0 Å². The van der Waals surface area contributed by atoms with Crippen molar-refractivity contribution in [3.05, 3.63) is 0 Å². The van der Waals surface area contributed by atoms with Gasteiger partial charge < -0.3 is 5.32 Å². The fraction of sp³-hybridized carbons (Fsp3) is 1.00. The van der Waals surface area contributed by atoms with Crippen molar-refractivity contribution in [1.82, 2.24) is 5.32 Å². The molecule has 0 radical (unpaired) electrons. The lowest BCUT2D eigenvalue weighted by atomic mass is 9.61. The lowest BCUT2D eigenvalue weighted by Gasteiger charge is -2.47. The second-order valence-corrected chi connectivity index (χ2v) is 7.96. The van der Waals surface area contributed by atoms with E-state index in [1.165, 1.54) is 51.4 Å². The van der Waals surface area contributed by atoms with Crippen LogP contribution < -0.4 is 5.32 Å². The second-order valence-electron chi connectivity index (χ2n) is 7.96. The van der Waals surface area contributed by atoms with Crippen molar-refractivity contribution in [2.45, 2.75) is 85.1 Å². The maximum atomic E-state index is 3.90. The van der Waals surface area contributed by atoms with Crippen LogP contribution in [0.1, 0.15) is 79.1 Å². The third kappa shape index (κ3) is 3.74. The first-order chi connectivity index (χ1) is 9.04. The van der Waals surface area contributed by atoms with Gasteiger partial charge in [-0.3, -0.25) is 0 Å². The molecule has 0 bridgehead atoms. The van der Waals surface area contributed by atoms with Gasteiger partial charge in [0.15, 0.2) is 0 Å². The van der Waals surface area contributed by atoms with E-state index in [0.717, 1.165) is 30.3 Å². The molecule has 0 aromatic heterocycles. The van der Waals surface area contributed by atoms with Gasteiger partial charge in [-0.2, -0.15) is 0 Å². The third-order valence-electron chi connectivity index (χ3n) is 5.95. The zero-order valence-corrected chi connectivity index (χ0v) is 13.7. The summed E-state index contributed by atoms with van der Waals surface area (Å²) in [6, 6.07) is 0.781. The van der Waals surface area contributed by atoms with Crippen molar-refractivity contribution in [3.8, 4) is 0 Å². The zero-order chi connectivity index (χ0) is 13.9. The van der Waals surface area contributed by atoms with E-state index in [1.807, 2.05) is 0 Å². The van der Waals surface area contributed by atoms with Crippen LogP contribution in [0.5, 0.6) is 0 Å². The van der Waals surface area contributed by atoms with E-state index in [0.29, 0.717) is 5.41 Å². The summed E-state index contributed by atoms with van der Waals surface area (Å²) in [6.07, 6.45) is 11.6. The summed E-state index contributed by atoms with van der Waals surface area (Å²) in [5, 5.41) is 3.90. The van der Waals surface area contributed by atoms with Crippen molar-refractivity contribution < 1.29 is 0 Å². The molecule has 112 valence electrons. The number of hydrogen-bond acceptors (Lipinski definition) is 1. The zero-order valence-electron chi connectivity index (χ0n) is 13.7. The van der Waals surface area contributed by atoms with Gasteiger partial charge in [0, 0.05) is 6.04 Å². The quantitative estimate of drug-likeness (QED) is 0.753. The fourth-order valence-corrected chi connectivity index (χ4v) is 4.87. The molecule has 1 nitrogen and oxygen atoms in total. The Bertz CT molecular complexity index is 271. The summed E-state index contributed by atoms with van der Waals surface area (Å²) in [5.74, 6) is 2.79. The second kappa shape index (κ2) is 6.61. The highest BCUT2D eigenvalue weighted by Crippen LogP contribution is 2.46. The van der Waals surface area contributed by atoms with Crippen LogP contribution in [0, 0.1) is 23.2 Å².